The van der Waals surface area contributed by atoms with Gasteiger partial charge in [-0.2, -0.15) is 0 Å². The molecular formula is C23H20ClFN2O3. The zero-order valence-electron chi connectivity index (χ0n) is 16.4. The normalized spacial score (nSPS) is 18.0. The second-order valence-electron chi connectivity index (χ2n) is 8.11. The fourth-order valence-electron chi connectivity index (χ4n) is 4.15. The molecule has 5 nitrogen and oxygen atoms in total. The van der Waals surface area contributed by atoms with Gasteiger partial charge in [0.2, 0.25) is 0 Å². The fraction of sp³-hybridized carbons (Fsp3) is 0.304. The van der Waals surface area contributed by atoms with Crippen LogP contribution in [0.25, 0.3) is 22.0 Å². The lowest BCUT2D eigenvalue weighted by molar-refractivity contribution is -0.198. The number of fused-ring (bicyclic) bond motifs is 1. The number of benzene rings is 2. The van der Waals surface area contributed by atoms with Crippen molar-refractivity contribution in [1.82, 2.24) is 9.88 Å². The topological polar surface area (TPSA) is 51.7 Å². The lowest BCUT2D eigenvalue weighted by atomic mass is 9.78. The van der Waals surface area contributed by atoms with Crippen molar-refractivity contribution in [2.75, 3.05) is 26.3 Å². The van der Waals surface area contributed by atoms with Crippen LogP contribution in [0.5, 0.6) is 5.75 Å². The summed E-state index contributed by atoms with van der Waals surface area (Å²) in [5.74, 6) is 0.169. The average molecular weight is 427 g/mol. The number of ether oxygens (including phenoxy) is 2. The van der Waals surface area contributed by atoms with E-state index in [-0.39, 0.29) is 17.1 Å². The Hall–Kier alpha value is -2.70. The molecule has 2 saturated heterocycles. The molecule has 1 atom stereocenters. The number of aromatic nitrogens is 1. The van der Waals surface area contributed by atoms with E-state index in [1.807, 2.05) is 23.1 Å². The van der Waals surface area contributed by atoms with Gasteiger partial charge in [0.05, 0.1) is 29.2 Å². The summed E-state index contributed by atoms with van der Waals surface area (Å²) in [5.41, 5.74) is 2.48. The third-order valence-electron chi connectivity index (χ3n) is 5.78. The number of rotatable bonds is 4. The summed E-state index contributed by atoms with van der Waals surface area (Å²) in [6.45, 7) is 4.71. The summed E-state index contributed by atoms with van der Waals surface area (Å²) in [6.07, 6.45) is 1.09. The van der Waals surface area contributed by atoms with Crippen LogP contribution in [0.3, 0.4) is 0 Å². The average Bonchev–Trinajstić information content (AvgIpc) is 2.65. The van der Waals surface area contributed by atoms with Crippen LogP contribution in [0.1, 0.15) is 6.92 Å². The van der Waals surface area contributed by atoms with Gasteiger partial charge in [0, 0.05) is 36.3 Å². The molecule has 3 heterocycles. The van der Waals surface area contributed by atoms with Crippen molar-refractivity contribution in [3.05, 3.63) is 59.5 Å². The zero-order valence-corrected chi connectivity index (χ0v) is 17.2. The molecule has 1 spiro atoms. The monoisotopic (exact) mass is 426 g/mol. The SMILES string of the molecule is CC(Oc1ccc2c(-c3ccc(F)cc3Cl)ccnc2c1)C(=O)N1CC2(COC2)C1. The molecule has 154 valence electrons. The molecular weight excluding hydrogens is 407 g/mol. The van der Waals surface area contributed by atoms with E-state index in [1.165, 1.54) is 12.1 Å². The molecule has 5 rings (SSSR count). The molecule has 2 fully saturated rings. The highest BCUT2D eigenvalue weighted by Crippen LogP contribution is 2.38. The van der Waals surface area contributed by atoms with Gasteiger partial charge in [0.25, 0.3) is 5.91 Å². The Kier molecular flexibility index (Phi) is 4.64. The summed E-state index contributed by atoms with van der Waals surface area (Å²) in [6, 6.07) is 11.7. The number of halogens is 2. The Balaban J connectivity index is 1.36. The predicted molar refractivity (Wildman–Crippen MR) is 112 cm³/mol. The number of carbonyl (C=O) groups excluding carboxylic acids is 1. The van der Waals surface area contributed by atoms with Crippen molar-refractivity contribution in [3.8, 4) is 16.9 Å². The first-order valence-corrected chi connectivity index (χ1v) is 10.2. The van der Waals surface area contributed by atoms with Crippen molar-refractivity contribution in [2.24, 2.45) is 5.41 Å². The maximum atomic E-state index is 13.4. The Labute approximate surface area is 178 Å². The van der Waals surface area contributed by atoms with Crippen molar-refractivity contribution in [2.45, 2.75) is 13.0 Å². The first-order valence-electron chi connectivity index (χ1n) is 9.82. The Bertz CT molecular complexity index is 1140. The van der Waals surface area contributed by atoms with E-state index in [2.05, 4.69) is 4.98 Å². The van der Waals surface area contributed by atoms with Gasteiger partial charge in [0.1, 0.15) is 11.6 Å². The molecule has 1 unspecified atom stereocenters. The maximum absolute atomic E-state index is 13.4. The summed E-state index contributed by atoms with van der Waals surface area (Å²) >= 11 is 6.25. The number of nitrogens with zero attached hydrogens (tertiary/aromatic N) is 2. The standard InChI is InChI=1S/C23H20ClFN2O3/c1-14(22(28)27-10-23(11-27)12-29-13-23)30-16-3-5-19-17(6-7-26-21(19)9-16)18-4-2-15(25)8-20(18)24/h2-9,14H,10-13H2,1H3. The minimum atomic E-state index is -0.587. The van der Waals surface area contributed by atoms with Crippen molar-refractivity contribution >= 4 is 28.4 Å². The van der Waals surface area contributed by atoms with Crippen molar-refractivity contribution in [3.63, 3.8) is 0 Å². The number of amides is 1. The molecule has 7 heteroatoms. The Morgan fingerprint density at radius 2 is 2.00 bits per heavy atom. The van der Waals surface area contributed by atoms with E-state index in [0.29, 0.717) is 16.3 Å². The van der Waals surface area contributed by atoms with Gasteiger partial charge in [-0.05, 0) is 48.9 Å². The minimum absolute atomic E-state index is 0.0209. The third-order valence-corrected chi connectivity index (χ3v) is 6.09. The number of likely N-dealkylation sites (tertiary alicyclic amines) is 1. The Morgan fingerprint density at radius 3 is 2.70 bits per heavy atom. The highest BCUT2D eigenvalue weighted by Gasteiger charge is 2.51. The van der Waals surface area contributed by atoms with Gasteiger partial charge in [-0.15, -0.1) is 0 Å². The van der Waals surface area contributed by atoms with E-state index in [0.717, 1.165) is 42.8 Å². The summed E-state index contributed by atoms with van der Waals surface area (Å²) < 4.78 is 24.6. The molecule has 30 heavy (non-hydrogen) atoms. The van der Waals surface area contributed by atoms with Crippen LogP contribution in [0.4, 0.5) is 4.39 Å². The second-order valence-corrected chi connectivity index (χ2v) is 8.52. The molecule has 0 radical (unpaired) electrons. The van der Waals surface area contributed by atoms with E-state index in [1.54, 1.807) is 25.3 Å². The van der Waals surface area contributed by atoms with Crippen LogP contribution in [-0.4, -0.2) is 48.2 Å². The van der Waals surface area contributed by atoms with E-state index >= 15 is 0 Å². The van der Waals surface area contributed by atoms with Crippen LogP contribution >= 0.6 is 11.6 Å². The Morgan fingerprint density at radius 1 is 1.20 bits per heavy atom. The quantitative estimate of drug-likeness (QED) is 0.623. The van der Waals surface area contributed by atoms with Crippen LogP contribution in [0, 0.1) is 11.2 Å². The maximum Gasteiger partial charge on any atom is 0.263 e. The fourth-order valence-corrected chi connectivity index (χ4v) is 4.42. The van der Waals surface area contributed by atoms with Gasteiger partial charge in [-0.1, -0.05) is 11.6 Å². The molecule has 1 aromatic heterocycles. The van der Waals surface area contributed by atoms with Gasteiger partial charge in [0.15, 0.2) is 6.10 Å². The van der Waals surface area contributed by atoms with Crippen molar-refractivity contribution in [1.29, 1.82) is 0 Å². The van der Waals surface area contributed by atoms with E-state index < -0.39 is 6.10 Å². The van der Waals surface area contributed by atoms with Crippen molar-refractivity contribution < 1.29 is 18.7 Å². The lowest BCUT2D eigenvalue weighted by Crippen LogP contribution is -2.68. The van der Waals surface area contributed by atoms with Crippen LogP contribution in [0.15, 0.2) is 48.7 Å². The number of hydrogen-bond acceptors (Lipinski definition) is 4. The minimum Gasteiger partial charge on any atom is -0.481 e. The van der Waals surface area contributed by atoms with Crippen LogP contribution in [-0.2, 0) is 9.53 Å². The molecule has 2 aromatic carbocycles. The second kappa shape index (κ2) is 7.22. The van der Waals surface area contributed by atoms with Gasteiger partial charge in [-0.3, -0.25) is 9.78 Å². The molecule has 2 aliphatic rings. The van der Waals surface area contributed by atoms with Gasteiger partial charge in [-0.25, -0.2) is 4.39 Å². The molecule has 0 saturated carbocycles. The summed E-state index contributed by atoms with van der Waals surface area (Å²) in [4.78, 5) is 18.9. The smallest absolute Gasteiger partial charge is 0.263 e. The molecule has 0 N–H and O–H groups in total. The third kappa shape index (κ3) is 3.30. The highest BCUT2D eigenvalue weighted by molar-refractivity contribution is 6.33. The summed E-state index contributed by atoms with van der Waals surface area (Å²) in [7, 11) is 0. The molecule has 2 aliphatic heterocycles. The first kappa shape index (κ1) is 19.3. The number of pyridine rings is 1. The first-order chi connectivity index (χ1) is 14.4. The molecule has 1 amide bonds. The predicted octanol–water partition coefficient (Wildman–Crippen LogP) is 4.32. The van der Waals surface area contributed by atoms with Gasteiger partial charge >= 0.3 is 0 Å². The lowest BCUT2D eigenvalue weighted by Gasteiger charge is -2.55. The van der Waals surface area contributed by atoms with E-state index in [9.17, 15) is 9.18 Å². The van der Waals surface area contributed by atoms with E-state index in [4.69, 9.17) is 21.1 Å². The molecule has 0 bridgehead atoms. The molecule has 3 aromatic rings. The zero-order chi connectivity index (χ0) is 20.9. The number of carbonyl (C=O) groups is 1. The molecule has 0 aliphatic carbocycles. The highest BCUT2D eigenvalue weighted by atomic mass is 35.5. The van der Waals surface area contributed by atoms with Gasteiger partial charge < -0.3 is 14.4 Å². The van der Waals surface area contributed by atoms with Crippen LogP contribution < -0.4 is 4.74 Å². The number of hydrogen-bond donors (Lipinski definition) is 0. The largest absolute Gasteiger partial charge is 0.481 e. The van der Waals surface area contributed by atoms with Crippen LogP contribution in [0.2, 0.25) is 5.02 Å². The summed E-state index contributed by atoms with van der Waals surface area (Å²) in [5, 5.41) is 1.21.